The number of hydrogen-bond acceptors (Lipinski definition) is 5. The molecule has 2 amide bonds. The second kappa shape index (κ2) is 7.68. The molecule has 0 aromatic heterocycles. The minimum atomic E-state index is -3.98. The Balaban J connectivity index is 1.56. The van der Waals surface area contributed by atoms with E-state index in [2.05, 4.69) is 10.0 Å². The second-order valence-electron chi connectivity index (χ2n) is 6.79. The molecule has 29 heavy (non-hydrogen) atoms. The van der Waals surface area contributed by atoms with E-state index in [1.807, 2.05) is 0 Å². The second-order valence-corrected chi connectivity index (χ2v) is 9.62. The number of nitrogens with one attached hydrogen (secondary N) is 2. The average Bonchev–Trinajstić information content (AvgIpc) is 3.21. The topological polar surface area (TPSA) is 95.6 Å². The fourth-order valence-corrected chi connectivity index (χ4v) is 5.42. The van der Waals surface area contributed by atoms with Gasteiger partial charge in [0.25, 0.3) is 10.0 Å². The van der Waals surface area contributed by atoms with Gasteiger partial charge in [-0.05, 0) is 49.2 Å². The van der Waals surface area contributed by atoms with Crippen LogP contribution in [0.25, 0.3) is 0 Å². The van der Waals surface area contributed by atoms with Crippen LogP contribution < -0.4 is 10.0 Å². The highest BCUT2D eigenvalue weighted by Gasteiger charge is 2.37. The molecule has 152 valence electrons. The Labute approximate surface area is 171 Å². The van der Waals surface area contributed by atoms with Gasteiger partial charge in [0.05, 0.1) is 16.3 Å². The van der Waals surface area contributed by atoms with E-state index in [4.69, 9.17) is 0 Å². The van der Waals surface area contributed by atoms with E-state index < -0.39 is 27.0 Å². The Morgan fingerprint density at radius 3 is 2.66 bits per heavy atom. The van der Waals surface area contributed by atoms with Crippen LogP contribution >= 0.6 is 11.8 Å². The first-order valence-electron chi connectivity index (χ1n) is 9.02. The number of carbonyl (C=O) groups is 2. The van der Waals surface area contributed by atoms with E-state index in [9.17, 15) is 22.4 Å². The first kappa shape index (κ1) is 19.7. The van der Waals surface area contributed by atoms with Gasteiger partial charge in [0.2, 0.25) is 11.8 Å². The van der Waals surface area contributed by atoms with Crippen LogP contribution in [0.4, 0.5) is 15.8 Å². The Bertz CT molecular complexity index is 1080. The number of benzene rings is 2. The van der Waals surface area contributed by atoms with Gasteiger partial charge in [0.15, 0.2) is 5.25 Å². The van der Waals surface area contributed by atoms with Gasteiger partial charge in [0.1, 0.15) is 5.82 Å². The van der Waals surface area contributed by atoms with Crippen LogP contribution in [0.2, 0.25) is 0 Å². The van der Waals surface area contributed by atoms with Crippen molar-refractivity contribution in [2.75, 3.05) is 23.1 Å². The van der Waals surface area contributed by atoms with Gasteiger partial charge in [-0.2, -0.15) is 0 Å². The van der Waals surface area contributed by atoms with Crippen molar-refractivity contribution in [1.82, 2.24) is 4.90 Å². The van der Waals surface area contributed by atoms with E-state index in [0.29, 0.717) is 23.7 Å². The number of carbonyl (C=O) groups excluding carboxylic acids is 2. The number of likely N-dealkylation sites (tertiary alicyclic amines) is 1. The molecule has 1 atom stereocenters. The van der Waals surface area contributed by atoms with E-state index in [0.717, 1.165) is 30.7 Å². The van der Waals surface area contributed by atoms with Crippen LogP contribution in [0.1, 0.15) is 12.8 Å². The maximum atomic E-state index is 13.3. The Morgan fingerprint density at radius 2 is 1.93 bits per heavy atom. The summed E-state index contributed by atoms with van der Waals surface area (Å²) in [6, 6.07) is 9.40. The molecule has 2 aromatic carbocycles. The molecule has 7 nitrogen and oxygen atoms in total. The minimum absolute atomic E-state index is 0.0780. The first-order chi connectivity index (χ1) is 13.8. The molecule has 2 aliphatic heterocycles. The fraction of sp³-hybridized carbons (Fsp3) is 0.263. The lowest BCUT2D eigenvalue weighted by Crippen LogP contribution is -2.43. The molecule has 4 rings (SSSR count). The van der Waals surface area contributed by atoms with Gasteiger partial charge in [0, 0.05) is 18.0 Å². The molecule has 0 aliphatic carbocycles. The molecule has 0 saturated carbocycles. The summed E-state index contributed by atoms with van der Waals surface area (Å²) in [7, 11) is -3.98. The number of anilines is 2. The monoisotopic (exact) mass is 435 g/mol. The predicted molar refractivity (Wildman–Crippen MR) is 108 cm³/mol. The first-order valence-corrected chi connectivity index (χ1v) is 11.4. The number of nitrogens with zero attached hydrogens (tertiary/aromatic N) is 1. The van der Waals surface area contributed by atoms with Crippen molar-refractivity contribution in [2.45, 2.75) is 27.9 Å². The maximum Gasteiger partial charge on any atom is 0.261 e. The summed E-state index contributed by atoms with van der Waals surface area (Å²) in [6.07, 6.45) is 1.86. The van der Waals surface area contributed by atoms with Crippen molar-refractivity contribution in [2.24, 2.45) is 0 Å². The number of amides is 2. The molecule has 2 aromatic rings. The third-order valence-corrected chi connectivity index (χ3v) is 7.36. The predicted octanol–water partition coefficient (Wildman–Crippen LogP) is 2.66. The number of halogens is 1. The van der Waals surface area contributed by atoms with Crippen LogP contribution in [0.3, 0.4) is 0 Å². The Hall–Kier alpha value is -2.59. The zero-order chi connectivity index (χ0) is 20.6. The van der Waals surface area contributed by atoms with Crippen molar-refractivity contribution in [3.8, 4) is 0 Å². The molecule has 2 N–H and O–H groups in total. The quantitative estimate of drug-likeness (QED) is 0.720. The van der Waals surface area contributed by atoms with E-state index in [-0.39, 0.29) is 16.5 Å². The van der Waals surface area contributed by atoms with Crippen molar-refractivity contribution in [3.63, 3.8) is 0 Å². The van der Waals surface area contributed by atoms with Crippen molar-refractivity contribution < 1.29 is 22.4 Å². The van der Waals surface area contributed by atoms with Gasteiger partial charge in [-0.1, -0.05) is 6.07 Å². The smallest absolute Gasteiger partial charge is 0.261 e. The van der Waals surface area contributed by atoms with Crippen LogP contribution in [0, 0.1) is 5.82 Å². The van der Waals surface area contributed by atoms with E-state index >= 15 is 0 Å². The van der Waals surface area contributed by atoms with Crippen LogP contribution in [0.5, 0.6) is 0 Å². The number of hydrogen-bond donors (Lipinski definition) is 2. The molecule has 2 heterocycles. The van der Waals surface area contributed by atoms with Gasteiger partial charge in [-0.15, -0.1) is 11.8 Å². The maximum absolute atomic E-state index is 13.3. The summed E-state index contributed by atoms with van der Waals surface area (Å²) in [5.74, 6) is -1.25. The van der Waals surface area contributed by atoms with Gasteiger partial charge >= 0.3 is 0 Å². The zero-order valence-corrected chi connectivity index (χ0v) is 16.9. The average molecular weight is 436 g/mol. The summed E-state index contributed by atoms with van der Waals surface area (Å²) in [6.45, 7) is 1.30. The van der Waals surface area contributed by atoms with Gasteiger partial charge in [-0.25, -0.2) is 12.8 Å². The molecule has 0 spiro atoms. The van der Waals surface area contributed by atoms with E-state index in [1.54, 1.807) is 11.0 Å². The summed E-state index contributed by atoms with van der Waals surface area (Å²) < 4.78 is 40.8. The van der Waals surface area contributed by atoms with Crippen molar-refractivity contribution >= 4 is 45.0 Å². The van der Waals surface area contributed by atoms with Gasteiger partial charge in [-0.3, -0.25) is 14.3 Å². The zero-order valence-electron chi connectivity index (χ0n) is 15.2. The number of rotatable bonds is 4. The minimum Gasteiger partial charge on any atom is -0.341 e. The molecule has 10 heteroatoms. The highest BCUT2D eigenvalue weighted by molar-refractivity contribution is 8.01. The van der Waals surface area contributed by atoms with Crippen molar-refractivity contribution in [1.29, 1.82) is 0 Å². The lowest BCUT2D eigenvalue weighted by Gasteiger charge is -2.27. The Kier molecular flexibility index (Phi) is 5.22. The van der Waals surface area contributed by atoms with Crippen molar-refractivity contribution in [3.05, 3.63) is 48.3 Å². The summed E-state index contributed by atoms with van der Waals surface area (Å²) in [5, 5.41) is 1.76. The van der Waals surface area contributed by atoms with Crippen LogP contribution in [-0.4, -0.2) is 43.5 Å². The molecular weight excluding hydrogens is 417 g/mol. The van der Waals surface area contributed by atoms with E-state index in [1.165, 1.54) is 30.3 Å². The molecule has 0 unspecified atom stereocenters. The molecule has 1 saturated heterocycles. The van der Waals surface area contributed by atoms with Crippen LogP contribution in [0.15, 0.2) is 52.3 Å². The normalized spacial score (nSPS) is 18.9. The van der Waals surface area contributed by atoms with Crippen LogP contribution in [-0.2, 0) is 19.6 Å². The SMILES string of the molecule is O=C1Nc2cc(S(=O)(=O)Nc3cccc(F)c3)ccc2S[C@@H]1C(=O)N1CCCC1. The lowest BCUT2D eigenvalue weighted by molar-refractivity contribution is -0.133. The highest BCUT2D eigenvalue weighted by Crippen LogP contribution is 2.38. The molecule has 2 aliphatic rings. The molecule has 1 fully saturated rings. The summed E-state index contributed by atoms with van der Waals surface area (Å²) in [5.41, 5.74) is 0.421. The third-order valence-electron chi connectivity index (χ3n) is 4.72. The largest absolute Gasteiger partial charge is 0.341 e. The lowest BCUT2D eigenvalue weighted by atomic mass is 10.2. The molecule has 0 radical (unpaired) electrons. The third kappa shape index (κ3) is 4.08. The number of fused-ring (bicyclic) bond motifs is 1. The summed E-state index contributed by atoms with van der Waals surface area (Å²) in [4.78, 5) is 27.3. The number of sulfonamides is 1. The fourth-order valence-electron chi connectivity index (χ4n) is 3.29. The van der Waals surface area contributed by atoms with Gasteiger partial charge < -0.3 is 10.2 Å². The standard InChI is InChI=1S/C19H18FN3O4S2/c20-12-4-3-5-13(10-12)22-29(26,27)14-6-7-16-15(11-14)21-18(24)17(28-16)19(25)23-8-1-2-9-23/h3-7,10-11,17,22H,1-2,8-9H2,(H,21,24)/t17-/m0/s1. The molecule has 0 bridgehead atoms. The highest BCUT2D eigenvalue weighted by atomic mass is 32.2. The number of thioether (sulfide) groups is 1. The molecular formula is C19H18FN3O4S2. The Morgan fingerprint density at radius 1 is 1.17 bits per heavy atom. The summed E-state index contributed by atoms with van der Waals surface area (Å²) >= 11 is 1.12.